The van der Waals surface area contributed by atoms with Crippen LogP contribution in [-0.4, -0.2) is 16.1 Å². The molecule has 5 nitrogen and oxygen atoms in total. The molecule has 0 saturated carbocycles. The Morgan fingerprint density at radius 1 is 1.19 bits per heavy atom. The van der Waals surface area contributed by atoms with Gasteiger partial charge >= 0.3 is 5.69 Å². The first-order chi connectivity index (χ1) is 7.58. The molecule has 0 fully saturated rings. The van der Waals surface area contributed by atoms with Crippen LogP contribution in [0.25, 0.3) is 10.9 Å². The second-order valence-electron chi connectivity index (χ2n) is 3.75. The van der Waals surface area contributed by atoms with Crippen molar-refractivity contribution < 1.29 is 4.74 Å². The van der Waals surface area contributed by atoms with Gasteiger partial charge < -0.3 is 9.72 Å². The Hall–Kier alpha value is -2.04. The van der Waals surface area contributed by atoms with Crippen LogP contribution in [0.4, 0.5) is 0 Å². The third-order valence-electron chi connectivity index (χ3n) is 2.10. The molecule has 5 heteroatoms. The minimum absolute atomic E-state index is 0.0200. The van der Waals surface area contributed by atoms with Gasteiger partial charge in [0.05, 0.1) is 17.0 Å². The van der Waals surface area contributed by atoms with Crippen molar-refractivity contribution in [2.45, 2.75) is 20.0 Å². The van der Waals surface area contributed by atoms with E-state index in [1.54, 1.807) is 18.2 Å². The average molecular weight is 220 g/mol. The van der Waals surface area contributed by atoms with E-state index >= 15 is 0 Å². The molecular formula is C11H12N2O3. The summed E-state index contributed by atoms with van der Waals surface area (Å²) in [6, 6.07) is 5.07. The van der Waals surface area contributed by atoms with Gasteiger partial charge in [0.1, 0.15) is 5.75 Å². The SMILES string of the molecule is CC(C)Oc1cccc2c(=O)[nH]c(=O)[nH]c12. The summed E-state index contributed by atoms with van der Waals surface area (Å²) in [7, 11) is 0. The van der Waals surface area contributed by atoms with Gasteiger partial charge in [0.15, 0.2) is 0 Å². The molecular weight excluding hydrogens is 208 g/mol. The molecule has 1 heterocycles. The predicted octanol–water partition coefficient (Wildman–Crippen LogP) is 1.00. The number of aromatic amines is 2. The maximum atomic E-state index is 11.5. The Balaban J connectivity index is 2.76. The van der Waals surface area contributed by atoms with E-state index in [2.05, 4.69) is 9.97 Å². The summed E-state index contributed by atoms with van der Waals surface area (Å²) in [4.78, 5) is 27.4. The van der Waals surface area contributed by atoms with Crippen molar-refractivity contribution in [3.05, 3.63) is 39.0 Å². The van der Waals surface area contributed by atoms with E-state index in [1.807, 2.05) is 13.8 Å². The summed E-state index contributed by atoms with van der Waals surface area (Å²) >= 11 is 0. The van der Waals surface area contributed by atoms with Crippen LogP contribution in [-0.2, 0) is 0 Å². The number of hydrogen-bond acceptors (Lipinski definition) is 3. The van der Waals surface area contributed by atoms with E-state index in [9.17, 15) is 9.59 Å². The number of benzene rings is 1. The van der Waals surface area contributed by atoms with Crippen molar-refractivity contribution in [3.63, 3.8) is 0 Å². The molecule has 16 heavy (non-hydrogen) atoms. The van der Waals surface area contributed by atoms with Gasteiger partial charge in [-0.2, -0.15) is 0 Å². The third-order valence-corrected chi connectivity index (χ3v) is 2.10. The van der Waals surface area contributed by atoms with Crippen molar-refractivity contribution in [3.8, 4) is 5.75 Å². The lowest BCUT2D eigenvalue weighted by Gasteiger charge is -2.11. The van der Waals surface area contributed by atoms with Gasteiger partial charge in [-0.3, -0.25) is 9.78 Å². The number of nitrogens with one attached hydrogen (secondary N) is 2. The molecule has 0 aliphatic carbocycles. The number of aromatic nitrogens is 2. The minimum Gasteiger partial charge on any atom is -0.489 e. The predicted molar refractivity (Wildman–Crippen MR) is 61.0 cm³/mol. The van der Waals surface area contributed by atoms with Crippen LogP contribution in [0.3, 0.4) is 0 Å². The molecule has 1 aromatic heterocycles. The van der Waals surface area contributed by atoms with Crippen LogP contribution in [0.1, 0.15) is 13.8 Å². The van der Waals surface area contributed by atoms with E-state index in [4.69, 9.17) is 4.74 Å². The summed E-state index contributed by atoms with van der Waals surface area (Å²) < 4.78 is 5.51. The summed E-state index contributed by atoms with van der Waals surface area (Å²) in [6.07, 6.45) is -0.0200. The van der Waals surface area contributed by atoms with Crippen LogP contribution >= 0.6 is 0 Å². The number of ether oxygens (including phenoxy) is 1. The Morgan fingerprint density at radius 2 is 1.94 bits per heavy atom. The summed E-state index contributed by atoms with van der Waals surface area (Å²) in [5.41, 5.74) is -0.504. The lowest BCUT2D eigenvalue weighted by atomic mass is 10.2. The smallest absolute Gasteiger partial charge is 0.326 e. The lowest BCUT2D eigenvalue weighted by Crippen LogP contribution is -2.22. The molecule has 0 aliphatic rings. The van der Waals surface area contributed by atoms with Crippen LogP contribution in [0.2, 0.25) is 0 Å². The topological polar surface area (TPSA) is 75.0 Å². The van der Waals surface area contributed by atoms with E-state index in [-0.39, 0.29) is 6.10 Å². The van der Waals surface area contributed by atoms with Crippen molar-refractivity contribution in [1.82, 2.24) is 9.97 Å². The van der Waals surface area contributed by atoms with E-state index in [1.165, 1.54) is 0 Å². The Bertz CT molecular complexity index is 625. The first-order valence-corrected chi connectivity index (χ1v) is 5.00. The fourth-order valence-corrected chi connectivity index (χ4v) is 1.52. The standard InChI is InChI=1S/C11H12N2O3/c1-6(2)16-8-5-3-4-7-9(8)12-11(15)13-10(7)14/h3-6H,1-2H3,(H2,12,13,14,15). The van der Waals surface area contributed by atoms with Crippen LogP contribution in [0.5, 0.6) is 5.75 Å². The van der Waals surface area contributed by atoms with Crippen molar-refractivity contribution in [2.24, 2.45) is 0 Å². The molecule has 2 N–H and O–H groups in total. The molecule has 1 aromatic carbocycles. The molecule has 0 spiro atoms. The van der Waals surface area contributed by atoms with Crippen molar-refractivity contribution >= 4 is 10.9 Å². The van der Waals surface area contributed by atoms with Crippen LogP contribution in [0.15, 0.2) is 27.8 Å². The van der Waals surface area contributed by atoms with Crippen molar-refractivity contribution in [2.75, 3.05) is 0 Å². The normalized spacial score (nSPS) is 10.9. The Kier molecular flexibility index (Phi) is 2.52. The van der Waals surface area contributed by atoms with Gasteiger partial charge in [-0.15, -0.1) is 0 Å². The number of H-pyrrole nitrogens is 2. The average Bonchev–Trinajstić information content (AvgIpc) is 2.18. The molecule has 0 atom stereocenters. The summed E-state index contributed by atoms with van der Waals surface area (Å²) in [6.45, 7) is 3.76. The molecule has 0 unspecified atom stereocenters. The second-order valence-corrected chi connectivity index (χ2v) is 3.75. The van der Waals surface area contributed by atoms with E-state index in [0.717, 1.165) is 0 Å². The second kappa shape index (κ2) is 3.84. The fourth-order valence-electron chi connectivity index (χ4n) is 1.52. The minimum atomic E-state index is -0.530. The van der Waals surface area contributed by atoms with Gasteiger partial charge in [-0.25, -0.2) is 4.79 Å². The highest BCUT2D eigenvalue weighted by Gasteiger charge is 2.07. The molecule has 84 valence electrons. The maximum Gasteiger partial charge on any atom is 0.326 e. The Labute approximate surface area is 91.1 Å². The van der Waals surface area contributed by atoms with Crippen LogP contribution < -0.4 is 16.0 Å². The first kappa shape index (κ1) is 10.5. The quantitative estimate of drug-likeness (QED) is 0.792. The number of fused-ring (bicyclic) bond motifs is 1. The maximum absolute atomic E-state index is 11.5. The zero-order valence-corrected chi connectivity index (χ0v) is 9.03. The van der Waals surface area contributed by atoms with E-state index < -0.39 is 11.2 Å². The molecule has 2 aromatic rings. The lowest BCUT2D eigenvalue weighted by molar-refractivity contribution is 0.245. The van der Waals surface area contributed by atoms with E-state index in [0.29, 0.717) is 16.7 Å². The molecule has 2 rings (SSSR count). The third kappa shape index (κ3) is 1.84. The van der Waals surface area contributed by atoms with Gasteiger partial charge in [0, 0.05) is 0 Å². The molecule has 0 saturated heterocycles. The Morgan fingerprint density at radius 3 is 2.62 bits per heavy atom. The molecule has 0 radical (unpaired) electrons. The number of rotatable bonds is 2. The van der Waals surface area contributed by atoms with Gasteiger partial charge in [-0.05, 0) is 26.0 Å². The monoisotopic (exact) mass is 220 g/mol. The van der Waals surface area contributed by atoms with Gasteiger partial charge in [0.25, 0.3) is 5.56 Å². The van der Waals surface area contributed by atoms with Gasteiger partial charge in [0.2, 0.25) is 0 Å². The fraction of sp³-hybridized carbons (Fsp3) is 0.273. The first-order valence-electron chi connectivity index (χ1n) is 5.00. The number of hydrogen-bond donors (Lipinski definition) is 2. The molecule has 0 bridgehead atoms. The molecule has 0 aliphatic heterocycles. The highest BCUT2D eigenvalue weighted by Crippen LogP contribution is 2.20. The highest BCUT2D eigenvalue weighted by atomic mass is 16.5. The molecule has 0 amide bonds. The zero-order chi connectivity index (χ0) is 11.7. The largest absolute Gasteiger partial charge is 0.489 e. The van der Waals surface area contributed by atoms with Crippen molar-refractivity contribution in [1.29, 1.82) is 0 Å². The van der Waals surface area contributed by atoms with Crippen LogP contribution in [0, 0.1) is 0 Å². The highest BCUT2D eigenvalue weighted by molar-refractivity contribution is 5.83. The summed E-state index contributed by atoms with van der Waals surface area (Å²) in [5.74, 6) is 0.510. The number of para-hydroxylation sites is 1. The zero-order valence-electron chi connectivity index (χ0n) is 9.03. The van der Waals surface area contributed by atoms with Gasteiger partial charge in [-0.1, -0.05) is 6.07 Å². The summed E-state index contributed by atoms with van der Waals surface area (Å²) in [5, 5.41) is 0.415.